The van der Waals surface area contributed by atoms with Gasteiger partial charge in [-0.25, -0.2) is 4.79 Å². The topological polar surface area (TPSA) is 39.4 Å². The molecule has 0 aliphatic heterocycles. The third-order valence-corrected chi connectivity index (χ3v) is 3.46. The van der Waals surface area contributed by atoms with Crippen LogP contribution in [-0.2, 0) is 4.74 Å². The lowest BCUT2D eigenvalue weighted by molar-refractivity contribution is 0.0529. The molecule has 3 nitrogen and oxygen atoms in total. The van der Waals surface area contributed by atoms with Gasteiger partial charge in [0.2, 0.25) is 0 Å². The van der Waals surface area contributed by atoms with E-state index >= 15 is 0 Å². The highest BCUT2D eigenvalue weighted by atomic mass is 16.5. The van der Waals surface area contributed by atoms with Gasteiger partial charge in [-0.15, -0.1) is 0 Å². The van der Waals surface area contributed by atoms with Crippen molar-refractivity contribution in [1.29, 1.82) is 0 Å². The number of furan rings is 1. The zero-order chi connectivity index (χ0) is 14.8. The Balaban J connectivity index is 2.29. The van der Waals surface area contributed by atoms with Gasteiger partial charge in [0.25, 0.3) is 0 Å². The van der Waals surface area contributed by atoms with Crippen molar-refractivity contribution < 1.29 is 13.9 Å². The molecule has 106 valence electrons. The molecule has 0 bridgehead atoms. The van der Waals surface area contributed by atoms with E-state index in [1.165, 1.54) is 0 Å². The molecule has 0 fully saturated rings. The smallest absolute Gasteiger partial charge is 0.342 e. The normalized spacial score (nSPS) is 10.8. The number of esters is 1. The molecule has 3 rings (SSSR count). The molecule has 0 unspecified atom stereocenters. The maximum atomic E-state index is 12.3. The summed E-state index contributed by atoms with van der Waals surface area (Å²) in [4.78, 5) is 12.3. The molecule has 1 aromatic heterocycles. The van der Waals surface area contributed by atoms with E-state index in [4.69, 9.17) is 9.15 Å². The van der Waals surface area contributed by atoms with Gasteiger partial charge < -0.3 is 9.15 Å². The Morgan fingerprint density at radius 1 is 1.10 bits per heavy atom. The van der Waals surface area contributed by atoms with Crippen molar-refractivity contribution >= 4 is 16.9 Å². The number of rotatable bonds is 3. The third kappa shape index (κ3) is 2.31. The second kappa shape index (κ2) is 5.44. The fourth-order valence-electron chi connectivity index (χ4n) is 2.47. The van der Waals surface area contributed by atoms with Gasteiger partial charge in [0, 0.05) is 10.9 Å². The van der Waals surface area contributed by atoms with Crippen LogP contribution in [0.2, 0.25) is 0 Å². The van der Waals surface area contributed by atoms with Crippen molar-refractivity contribution in [2.45, 2.75) is 13.8 Å². The molecule has 0 saturated carbocycles. The molecule has 0 radical (unpaired) electrons. The van der Waals surface area contributed by atoms with Gasteiger partial charge >= 0.3 is 5.97 Å². The summed E-state index contributed by atoms with van der Waals surface area (Å²) in [6.45, 7) is 4.14. The molecule has 0 amide bonds. The number of hydrogen-bond donors (Lipinski definition) is 0. The van der Waals surface area contributed by atoms with Gasteiger partial charge in [-0.1, -0.05) is 42.5 Å². The van der Waals surface area contributed by atoms with Crippen LogP contribution in [0.5, 0.6) is 0 Å². The van der Waals surface area contributed by atoms with E-state index in [-0.39, 0.29) is 5.97 Å². The summed E-state index contributed by atoms with van der Waals surface area (Å²) in [5, 5.41) is 0.786. The van der Waals surface area contributed by atoms with Crippen LogP contribution in [-0.4, -0.2) is 12.6 Å². The van der Waals surface area contributed by atoms with Crippen molar-refractivity contribution in [1.82, 2.24) is 0 Å². The number of fused-ring (bicyclic) bond motifs is 1. The molecule has 0 atom stereocenters. The number of benzene rings is 2. The first-order chi connectivity index (χ1) is 10.2. The first-order valence-corrected chi connectivity index (χ1v) is 6.97. The Bertz CT molecular complexity index is 799. The molecule has 0 aliphatic rings. The van der Waals surface area contributed by atoms with Gasteiger partial charge in [0.1, 0.15) is 16.9 Å². The van der Waals surface area contributed by atoms with Crippen LogP contribution in [0.3, 0.4) is 0 Å². The van der Waals surface area contributed by atoms with Crippen LogP contribution in [0.15, 0.2) is 52.9 Å². The summed E-state index contributed by atoms with van der Waals surface area (Å²) < 4.78 is 11.1. The summed E-state index contributed by atoms with van der Waals surface area (Å²) in [7, 11) is 0. The fourth-order valence-corrected chi connectivity index (χ4v) is 2.47. The van der Waals surface area contributed by atoms with Crippen molar-refractivity contribution in [2.24, 2.45) is 0 Å². The summed E-state index contributed by atoms with van der Waals surface area (Å²) in [5.41, 5.74) is 3.17. The van der Waals surface area contributed by atoms with Crippen LogP contribution in [0.1, 0.15) is 22.8 Å². The van der Waals surface area contributed by atoms with Crippen molar-refractivity contribution in [3.05, 3.63) is 59.7 Å². The summed E-state index contributed by atoms with van der Waals surface area (Å²) >= 11 is 0. The second-order valence-electron chi connectivity index (χ2n) is 4.84. The molecule has 0 aliphatic carbocycles. The zero-order valence-corrected chi connectivity index (χ0v) is 12.1. The monoisotopic (exact) mass is 280 g/mol. The van der Waals surface area contributed by atoms with E-state index < -0.39 is 0 Å². The van der Waals surface area contributed by atoms with Gasteiger partial charge in [-0.2, -0.15) is 0 Å². The van der Waals surface area contributed by atoms with Gasteiger partial charge in [0.15, 0.2) is 0 Å². The highest BCUT2D eigenvalue weighted by Gasteiger charge is 2.23. The molecule has 3 heteroatoms. The Labute approximate surface area is 123 Å². The molecular weight excluding hydrogens is 264 g/mol. The Hall–Kier alpha value is -2.55. The van der Waals surface area contributed by atoms with Crippen LogP contribution in [0.4, 0.5) is 0 Å². The molecule has 0 saturated heterocycles. The first-order valence-electron chi connectivity index (χ1n) is 6.97. The summed E-state index contributed by atoms with van der Waals surface area (Å²) in [5.74, 6) is 0.230. The predicted octanol–water partition coefficient (Wildman–Crippen LogP) is 4.58. The van der Waals surface area contributed by atoms with Crippen LogP contribution < -0.4 is 0 Å². The number of para-hydroxylation sites is 1. The maximum Gasteiger partial charge on any atom is 0.342 e. The molecule has 0 spiro atoms. The molecule has 3 aromatic rings. The number of carbonyl (C=O) groups is 1. The maximum absolute atomic E-state index is 12.3. The summed E-state index contributed by atoms with van der Waals surface area (Å²) in [6, 6.07) is 15.4. The van der Waals surface area contributed by atoms with E-state index in [1.54, 1.807) is 6.92 Å². The van der Waals surface area contributed by atoms with Gasteiger partial charge in [0.05, 0.1) is 6.61 Å². The first kappa shape index (κ1) is 13.4. The molecule has 1 heterocycles. The lowest BCUT2D eigenvalue weighted by Crippen LogP contribution is -2.05. The average molecular weight is 280 g/mol. The lowest BCUT2D eigenvalue weighted by atomic mass is 10.0. The largest absolute Gasteiger partial charge is 0.462 e. The molecule has 0 N–H and O–H groups in total. The third-order valence-electron chi connectivity index (χ3n) is 3.46. The fraction of sp³-hybridized carbons (Fsp3) is 0.167. The standard InChI is InChI=1S/C18H16O3/c1-3-20-18(19)16-14-10-6-7-11-15(14)21-17(16)13-9-5-4-8-12(13)2/h4-11H,3H2,1-2H3. The quantitative estimate of drug-likeness (QED) is 0.659. The minimum atomic E-state index is -0.347. The predicted molar refractivity (Wildman–Crippen MR) is 82.3 cm³/mol. The van der Waals surface area contributed by atoms with Crippen LogP contribution in [0, 0.1) is 6.92 Å². The highest BCUT2D eigenvalue weighted by molar-refractivity contribution is 6.09. The van der Waals surface area contributed by atoms with Crippen molar-refractivity contribution in [3.8, 4) is 11.3 Å². The van der Waals surface area contributed by atoms with E-state index in [1.807, 2.05) is 55.5 Å². The Kier molecular flexibility index (Phi) is 3.48. The minimum Gasteiger partial charge on any atom is -0.462 e. The van der Waals surface area contributed by atoms with Crippen molar-refractivity contribution in [3.63, 3.8) is 0 Å². The summed E-state index contributed by atoms with van der Waals surface area (Å²) in [6.07, 6.45) is 0. The van der Waals surface area contributed by atoms with Crippen molar-refractivity contribution in [2.75, 3.05) is 6.61 Å². The van der Waals surface area contributed by atoms with E-state index in [0.29, 0.717) is 23.5 Å². The molecule has 21 heavy (non-hydrogen) atoms. The highest BCUT2D eigenvalue weighted by Crippen LogP contribution is 2.35. The lowest BCUT2D eigenvalue weighted by Gasteiger charge is -2.05. The number of ether oxygens (including phenoxy) is 1. The average Bonchev–Trinajstić information content (AvgIpc) is 2.87. The second-order valence-corrected chi connectivity index (χ2v) is 4.84. The van der Waals surface area contributed by atoms with E-state index in [0.717, 1.165) is 16.5 Å². The van der Waals surface area contributed by atoms with Gasteiger partial charge in [-0.3, -0.25) is 0 Å². The Morgan fingerprint density at radius 3 is 2.57 bits per heavy atom. The van der Waals surface area contributed by atoms with E-state index in [9.17, 15) is 4.79 Å². The Morgan fingerprint density at radius 2 is 1.81 bits per heavy atom. The number of hydrogen-bond acceptors (Lipinski definition) is 3. The minimum absolute atomic E-state index is 0.339. The number of aryl methyl sites for hydroxylation is 1. The van der Waals surface area contributed by atoms with E-state index in [2.05, 4.69) is 0 Å². The molecule has 2 aromatic carbocycles. The molecular formula is C18H16O3. The van der Waals surface area contributed by atoms with Gasteiger partial charge in [-0.05, 0) is 25.5 Å². The van der Waals surface area contributed by atoms with Crippen LogP contribution >= 0.6 is 0 Å². The SMILES string of the molecule is CCOC(=O)c1c(-c2ccccc2C)oc2ccccc12. The van der Waals surface area contributed by atoms with Crippen LogP contribution in [0.25, 0.3) is 22.3 Å². The zero-order valence-electron chi connectivity index (χ0n) is 12.1. The number of carbonyl (C=O) groups excluding carboxylic acids is 1.